The predicted molar refractivity (Wildman–Crippen MR) is 98.5 cm³/mol. The van der Waals surface area contributed by atoms with Gasteiger partial charge in [0.25, 0.3) is 0 Å². The average Bonchev–Trinajstić information content (AvgIpc) is 3.25. The molecule has 1 aliphatic rings. The van der Waals surface area contributed by atoms with Gasteiger partial charge in [0.2, 0.25) is 5.91 Å². The Balaban J connectivity index is 1.63. The molecule has 8 nitrogen and oxygen atoms in total. The molecule has 26 heavy (non-hydrogen) atoms. The zero-order valence-electron chi connectivity index (χ0n) is 14.5. The van der Waals surface area contributed by atoms with Gasteiger partial charge in [-0.25, -0.2) is 8.42 Å². The highest BCUT2D eigenvalue weighted by Gasteiger charge is 2.32. The van der Waals surface area contributed by atoms with Gasteiger partial charge in [0.05, 0.1) is 24.4 Å². The van der Waals surface area contributed by atoms with Gasteiger partial charge in [0.15, 0.2) is 15.0 Å². The highest BCUT2D eigenvalue weighted by Crippen LogP contribution is 2.23. The van der Waals surface area contributed by atoms with Crippen molar-refractivity contribution in [3.8, 4) is 11.4 Å². The van der Waals surface area contributed by atoms with Crippen LogP contribution in [0.1, 0.15) is 6.42 Å². The second kappa shape index (κ2) is 7.67. The first kappa shape index (κ1) is 18.7. The molecule has 0 unspecified atom stereocenters. The molecule has 1 atom stereocenters. The van der Waals surface area contributed by atoms with Gasteiger partial charge < -0.3 is 9.64 Å². The van der Waals surface area contributed by atoms with Crippen molar-refractivity contribution in [3.05, 3.63) is 30.6 Å². The number of ether oxygens (including phenoxy) is 1. The summed E-state index contributed by atoms with van der Waals surface area (Å²) in [5.41, 5.74) is 0.862. The van der Waals surface area contributed by atoms with Crippen LogP contribution >= 0.6 is 11.8 Å². The van der Waals surface area contributed by atoms with E-state index >= 15 is 0 Å². The fourth-order valence-electron chi connectivity index (χ4n) is 2.76. The molecule has 0 spiro atoms. The van der Waals surface area contributed by atoms with Crippen molar-refractivity contribution in [2.24, 2.45) is 0 Å². The Bertz CT molecular complexity index is 880. The summed E-state index contributed by atoms with van der Waals surface area (Å²) in [4.78, 5) is 13.9. The number of rotatable bonds is 6. The molecule has 1 amide bonds. The lowest BCUT2D eigenvalue weighted by Crippen LogP contribution is -2.38. The summed E-state index contributed by atoms with van der Waals surface area (Å²) in [5, 5.41) is 8.58. The second-order valence-electron chi connectivity index (χ2n) is 6.03. The van der Waals surface area contributed by atoms with Crippen molar-refractivity contribution >= 4 is 27.5 Å². The molecule has 1 aromatic heterocycles. The molecule has 3 rings (SSSR count). The second-order valence-corrected chi connectivity index (χ2v) is 9.20. The number of carbonyl (C=O) groups excluding carboxylic acids is 1. The third kappa shape index (κ3) is 4.18. The highest BCUT2D eigenvalue weighted by molar-refractivity contribution is 7.99. The SMILES string of the molecule is COc1ccc(-n2cnnc2SCC(=O)N(C)[C@H]2CCS(=O)(=O)C2)cc1. The van der Waals surface area contributed by atoms with Gasteiger partial charge in [0, 0.05) is 18.8 Å². The third-order valence-corrected chi connectivity index (χ3v) is 7.02. The maximum absolute atomic E-state index is 12.4. The summed E-state index contributed by atoms with van der Waals surface area (Å²) >= 11 is 1.27. The lowest BCUT2D eigenvalue weighted by molar-refractivity contribution is -0.128. The van der Waals surface area contributed by atoms with Gasteiger partial charge in [-0.05, 0) is 30.7 Å². The molecule has 2 aromatic rings. The number of hydrogen-bond donors (Lipinski definition) is 0. The maximum atomic E-state index is 12.4. The summed E-state index contributed by atoms with van der Waals surface area (Å²) in [6.45, 7) is 0. The van der Waals surface area contributed by atoms with Crippen LogP contribution in [0.4, 0.5) is 0 Å². The Morgan fingerprint density at radius 3 is 2.73 bits per heavy atom. The van der Waals surface area contributed by atoms with E-state index in [1.54, 1.807) is 25.1 Å². The molecule has 0 aliphatic carbocycles. The number of amides is 1. The smallest absolute Gasteiger partial charge is 0.233 e. The zero-order valence-corrected chi connectivity index (χ0v) is 16.2. The Kier molecular flexibility index (Phi) is 5.52. The molecule has 0 saturated carbocycles. The number of sulfone groups is 1. The Labute approximate surface area is 156 Å². The molecule has 0 radical (unpaired) electrons. The molecule has 0 N–H and O–H groups in total. The molecule has 140 valence electrons. The van der Waals surface area contributed by atoms with Gasteiger partial charge in [-0.1, -0.05) is 11.8 Å². The van der Waals surface area contributed by atoms with Crippen LogP contribution in [-0.2, 0) is 14.6 Å². The van der Waals surface area contributed by atoms with Crippen LogP contribution < -0.4 is 4.74 Å². The first-order valence-electron chi connectivity index (χ1n) is 8.03. The number of methoxy groups -OCH3 is 1. The molecule has 1 fully saturated rings. The molecule has 1 saturated heterocycles. The van der Waals surface area contributed by atoms with Crippen LogP contribution in [0.25, 0.3) is 5.69 Å². The number of hydrogen-bond acceptors (Lipinski definition) is 7. The number of carbonyl (C=O) groups is 1. The van der Waals surface area contributed by atoms with Gasteiger partial charge in [0.1, 0.15) is 12.1 Å². The first-order chi connectivity index (χ1) is 12.4. The first-order valence-corrected chi connectivity index (χ1v) is 10.8. The van der Waals surface area contributed by atoms with Crippen molar-refractivity contribution < 1.29 is 17.9 Å². The average molecular weight is 396 g/mol. The molecule has 1 aromatic carbocycles. The fraction of sp³-hybridized carbons (Fsp3) is 0.438. The molecule has 2 heterocycles. The fourth-order valence-corrected chi connectivity index (χ4v) is 5.38. The van der Waals surface area contributed by atoms with Crippen molar-refractivity contribution in [2.75, 3.05) is 31.4 Å². The van der Waals surface area contributed by atoms with Crippen LogP contribution in [0.15, 0.2) is 35.7 Å². The van der Waals surface area contributed by atoms with Crippen molar-refractivity contribution in [1.82, 2.24) is 19.7 Å². The number of aromatic nitrogens is 3. The molecule has 10 heteroatoms. The van der Waals surface area contributed by atoms with Crippen LogP contribution in [0, 0.1) is 0 Å². The van der Waals surface area contributed by atoms with E-state index in [1.165, 1.54) is 16.7 Å². The normalized spacial score (nSPS) is 18.6. The Hall–Kier alpha value is -2.07. The molecular formula is C16H20N4O4S2. The summed E-state index contributed by atoms with van der Waals surface area (Å²) in [5.74, 6) is 0.985. The summed E-state index contributed by atoms with van der Waals surface area (Å²) in [6, 6.07) is 7.19. The van der Waals surface area contributed by atoms with Crippen molar-refractivity contribution in [1.29, 1.82) is 0 Å². The topological polar surface area (TPSA) is 94.4 Å². The zero-order chi connectivity index (χ0) is 18.7. The van der Waals surface area contributed by atoms with E-state index in [4.69, 9.17) is 4.74 Å². The third-order valence-electron chi connectivity index (χ3n) is 4.34. The lowest BCUT2D eigenvalue weighted by Gasteiger charge is -2.23. The van der Waals surface area contributed by atoms with Gasteiger partial charge >= 0.3 is 0 Å². The maximum Gasteiger partial charge on any atom is 0.233 e. The standard InChI is InChI=1S/C16H20N4O4S2/c1-19(13-7-8-26(22,23)10-13)15(21)9-25-16-18-17-11-20(16)12-3-5-14(24-2)6-4-12/h3-6,11,13H,7-10H2,1-2H3/t13-/m0/s1. The van der Waals surface area contributed by atoms with E-state index in [0.29, 0.717) is 11.6 Å². The molecule has 1 aliphatic heterocycles. The Morgan fingerprint density at radius 1 is 1.38 bits per heavy atom. The van der Waals surface area contributed by atoms with E-state index in [-0.39, 0.29) is 29.2 Å². The number of benzene rings is 1. The van der Waals surface area contributed by atoms with E-state index < -0.39 is 9.84 Å². The number of nitrogens with zero attached hydrogens (tertiary/aromatic N) is 4. The summed E-state index contributed by atoms with van der Waals surface area (Å²) < 4.78 is 30.1. The minimum Gasteiger partial charge on any atom is -0.497 e. The molecular weight excluding hydrogens is 376 g/mol. The van der Waals surface area contributed by atoms with E-state index in [2.05, 4.69) is 10.2 Å². The molecule has 0 bridgehead atoms. The highest BCUT2D eigenvalue weighted by atomic mass is 32.2. The van der Waals surface area contributed by atoms with Gasteiger partial charge in [-0.2, -0.15) is 0 Å². The van der Waals surface area contributed by atoms with Crippen LogP contribution in [0.5, 0.6) is 5.75 Å². The quantitative estimate of drug-likeness (QED) is 0.673. The van der Waals surface area contributed by atoms with Crippen LogP contribution in [-0.4, -0.2) is 71.4 Å². The predicted octanol–water partition coefficient (Wildman–Crippen LogP) is 1.01. The minimum atomic E-state index is -3.02. The van der Waals surface area contributed by atoms with Gasteiger partial charge in [-0.15, -0.1) is 10.2 Å². The number of thioether (sulfide) groups is 1. The van der Waals surface area contributed by atoms with Crippen molar-refractivity contribution in [2.45, 2.75) is 17.6 Å². The minimum absolute atomic E-state index is 0.0436. The van der Waals surface area contributed by atoms with E-state index in [0.717, 1.165) is 11.4 Å². The van der Waals surface area contributed by atoms with Crippen molar-refractivity contribution in [3.63, 3.8) is 0 Å². The van der Waals surface area contributed by atoms with Crippen LogP contribution in [0.2, 0.25) is 0 Å². The van der Waals surface area contributed by atoms with Gasteiger partial charge in [-0.3, -0.25) is 9.36 Å². The largest absolute Gasteiger partial charge is 0.497 e. The monoisotopic (exact) mass is 396 g/mol. The summed E-state index contributed by atoms with van der Waals surface area (Å²) in [6.07, 6.45) is 2.08. The van der Waals surface area contributed by atoms with Crippen LogP contribution in [0.3, 0.4) is 0 Å². The van der Waals surface area contributed by atoms with E-state index in [9.17, 15) is 13.2 Å². The lowest BCUT2D eigenvalue weighted by atomic mass is 10.2. The van der Waals surface area contributed by atoms with E-state index in [1.807, 2.05) is 24.3 Å². The Morgan fingerprint density at radius 2 is 2.12 bits per heavy atom. The summed E-state index contributed by atoms with van der Waals surface area (Å²) in [7, 11) is 0.241.